The summed E-state index contributed by atoms with van der Waals surface area (Å²) in [6, 6.07) is 0.458. The minimum Gasteiger partial charge on any atom is -0.357 e. The molecular formula is C19H37N5O. The molecule has 2 aliphatic rings. The smallest absolute Gasteiger partial charge is 0.220 e. The fraction of sp³-hybridized carbons (Fsp3) is 0.895. The molecule has 25 heavy (non-hydrogen) atoms. The van der Waals surface area contributed by atoms with Gasteiger partial charge in [0, 0.05) is 32.1 Å². The maximum absolute atomic E-state index is 11.7. The predicted octanol–water partition coefficient (Wildman–Crippen LogP) is 1.87. The van der Waals surface area contributed by atoms with Crippen LogP contribution in [0.15, 0.2) is 4.99 Å². The first kappa shape index (κ1) is 20.0. The highest BCUT2D eigenvalue weighted by atomic mass is 16.1. The van der Waals surface area contributed by atoms with Gasteiger partial charge in [0.05, 0.1) is 0 Å². The van der Waals surface area contributed by atoms with Gasteiger partial charge in [-0.05, 0) is 65.1 Å². The fourth-order valence-electron chi connectivity index (χ4n) is 3.17. The summed E-state index contributed by atoms with van der Waals surface area (Å²) in [7, 11) is 0. The Labute approximate surface area is 153 Å². The highest BCUT2D eigenvalue weighted by molar-refractivity contribution is 5.79. The van der Waals surface area contributed by atoms with Crippen LogP contribution in [0.5, 0.6) is 0 Å². The number of likely N-dealkylation sites (tertiary alicyclic amines) is 1. The Balaban J connectivity index is 1.55. The van der Waals surface area contributed by atoms with Crippen molar-refractivity contribution in [1.82, 2.24) is 20.9 Å². The van der Waals surface area contributed by atoms with Gasteiger partial charge < -0.3 is 20.9 Å². The molecule has 0 radical (unpaired) electrons. The van der Waals surface area contributed by atoms with Gasteiger partial charge in [0.1, 0.15) is 0 Å². The summed E-state index contributed by atoms with van der Waals surface area (Å²) in [4.78, 5) is 18.8. The van der Waals surface area contributed by atoms with E-state index in [0.29, 0.717) is 19.0 Å². The number of carbonyl (C=O) groups is 1. The van der Waals surface area contributed by atoms with Crippen LogP contribution in [0.2, 0.25) is 0 Å². The summed E-state index contributed by atoms with van der Waals surface area (Å²) < 4.78 is 0. The molecule has 2 fully saturated rings. The van der Waals surface area contributed by atoms with Crippen LogP contribution in [0.25, 0.3) is 0 Å². The number of nitrogens with one attached hydrogen (secondary N) is 3. The molecule has 1 aliphatic heterocycles. The highest BCUT2D eigenvalue weighted by Crippen LogP contribution is 2.18. The average molecular weight is 352 g/mol. The largest absolute Gasteiger partial charge is 0.357 e. The lowest BCUT2D eigenvalue weighted by Crippen LogP contribution is -2.39. The quantitative estimate of drug-likeness (QED) is 0.319. The Hall–Kier alpha value is -1.30. The lowest BCUT2D eigenvalue weighted by Gasteiger charge is -2.20. The molecule has 1 saturated carbocycles. The average Bonchev–Trinajstić information content (AvgIpc) is 3.43. The van der Waals surface area contributed by atoms with E-state index in [1.54, 1.807) is 0 Å². The SMILES string of the molecule is CCNC(=NCCCC(=O)NC1CC1)NCCCN1CCCCCC1. The molecule has 6 heteroatoms. The molecule has 0 atom stereocenters. The van der Waals surface area contributed by atoms with Crippen LogP contribution >= 0.6 is 0 Å². The summed E-state index contributed by atoms with van der Waals surface area (Å²) >= 11 is 0. The van der Waals surface area contributed by atoms with Crippen molar-refractivity contribution in [2.24, 2.45) is 4.99 Å². The second-order valence-corrected chi connectivity index (χ2v) is 7.24. The molecule has 0 aromatic carbocycles. The van der Waals surface area contributed by atoms with Gasteiger partial charge in [0.25, 0.3) is 0 Å². The van der Waals surface area contributed by atoms with Crippen molar-refractivity contribution in [3.63, 3.8) is 0 Å². The molecular weight excluding hydrogens is 314 g/mol. The predicted molar refractivity (Wildman–Crippen MR) is 104 cm³/mol. The van der Waals surface area contributed by atoms with E-state index in [1.807, 2.05) is 0 Å². The molecule has 0 unspecified atom stereocenters. The molecule has 0 aromatic rings. The van der Waals surface area contributed by atoms with Gasteiger partial charge in [-0.15, -0.1) is 0 Å². The summed E-state index contributed by atoms with van der Waals surface area (Å²) in [6.45, 7) is 8.28. The number of hydrogen-bond donors (Lipinski definition) is 3. The third-order valence-electron chi connectivity index (χ3n) is 4.76. The lowest BCUT2D eigenvalue weighted by molar-refractivity contribution is -0.121. The molecule has 3 N–H and O–H groups in total. The van der Waals surface area contributed by atoms with Crippen LogP contribution < -0.4 is 16.0 Å². The maximum Gasteiger partial charge on any atom is 0.220 e. The Bertz CT molecular complexity index is 401. The second-order valence-electron chi connectivity index (χ2n) is 7.24. The van der Waals surface area contributed by atoms with E-state index in [4.69, 9.17) is 0 Å². The Morgan fingerprint density at radius 3 is 2.52 bits per heavy atom. The molecule has 6 nitrogen and oxygen atoms in total. The zero-order valence-electron chi connectivity index (χ0n) is 16.0. The molecule has 1 aliphatic carbocycles. The van der Waals surface area contributed by atoms with Gasteiger partial charge in [-0.2, -0.15) is 0 Å². The van der Waals surface area contributed by atoms with Gasteiger partial charge >= 0.3 is 0 Å². The molecule has 1 amide bonds. The molecule has 144 valence electrons. The van der Waals surface area contributed by atoms with Gasteiger partial charge in [0.15, 0.2) is 5.96 Å². The summed E-state index contributed by atoms with van der Waals surface area (Å²) in [5.74, 6) is 1.05. The minimum atomic E-state index is 0.174. The van der Waals surface area contributed by atoms with Crippen LogP contribution in [0, 0.1) is 0 Å². The first-order valence-corrected chi connectivity index (χ1v) is 10.3. The maximum atomic E-state index is 11.7. The third kappa shape index (κ3) is 9.68. The fourth-order valence-corrected chi connectivity index (χ4v) is 3.17. The van der Waals surface area contributed by atoms with Crippen LogP contribution in [-0.4, -0.2) is 62.1 Å². The van der Waals surface area contributed by atoms with Crippen molar-refractivity contribution in [2.75, 3.05) is 39.3 Å². The van der Waals surface area contributed by atoms with Crippen LogP contribution in [0.4, 0.5) is 0 Å². The summed E-state index contributed by atoms with van der Waals surface area (Å²) in [5, 5.41) is 9.73. The Kier molecular flexibility index (Phi) is 9.70. The Morgan fingerprint density at radius 1 is 1.08 bits per heavy atom. The van der Waals surface area contributed by atoms with E-state index >= 15 is 0 Å². The highest BCUT2D eigenvalue weighted by Gasteiger charge is 2.22. The summed E-state index contributed by atoms with van der Waals surface area (Å²) in [6.07, 6.45) is 10.3. The van der Waals surface area contributed by atoms with E-state index in [-0.39, 0.29) is 5.91 Å². The van der Waals surface area contributed by atoms with Gasteiger partial charge in [-0.25, -0.2) is 0 Å². The number of nitrogens with zero attached hydrogens (tertiary/aromatic N) is 2. The van der Waals surface area contributed by atoms with Gasteiger partial charge in [-0.3, -0.25) is 9.79 Å². The van der Waals surface area contributed by atoms with E-state index in [1.165, 1.54) is 45.3 Å². The molecule has 0 aromatic heterocycles. The minimum absolute atomic E-state index is 0.174. The Morgan fingerprint density at radius 2 is 1.84 bits per heavy atom. The van der Waals surface area contributed by atoms with Crippen LogP contribution in [-0.2, 0) is 4.79 Å². The second kappa shape index (κ2) is 12.1. The zero-order valence-corrected chi connectivity index (χ0v) is 16.0. The molecule has 1 heterocycles. The summed E-state index contributed by atoms with van der Waals surface area (Å²) in [5.41, 5.74) is 0. The number of amides is 1. The van der Waals surface area contributed by atoms with E-state index in [2.05, 4.69) is 32.8 Å². The van der Waals surface area contributed by atoms with Crippen molar-refractivity contribution in [3.05, 3.63) is 0 Å². The standard InChI is InChI=1S/C19H37N5O/c1-2-20-19(21-12-7-9-18(25)23-17-10-11-17)22-13-8-16-24-14-5-3-4-6-15-24/h17H,2-16H2,1H3,(H,23,25)(H2,20,21,22). The number of carbonyl (C=O) groups excluding carboxylic acids is 1. The number of aliphatic imine (C=N–C) groups is 1. The first-order valence-electron chi connectivity index (χ1n) is 10.3. The number of rotatable bonds is 10. The monoisotopic (exact) mass is 351 g/mol. The van der Waals surface area contributed by atoms with E-state index in [0.717, 1.165) is 44.7 Å². The van der Waals surface area contributed by atoms with Gasteiger partial charge in [0.2, 0.25) is 5.91 Å². The number of hydrogen-bond acceptors (Lipinski definition) is 3. The van der Waals surface area contributed by atoms with Crippen LogP contribution in [0.1, 0.15) is 64.7 Å². The molecule has 2 rings (SSSR count). The molecule has 1 saturated heterocycles. The van der Waals surface area contributed by atoms with Crippen molar-refractivity contribution < 1.29 is 4.79 Å². The molecule has 0 bridgehead atoms. The van der Waals surface area contributed by atoms with Crippen molar-refractivity contribution in [3.8, 4) is 0 Å². The van der Waals surface area contributed by atoms with Crippen molar-refractivity contribution in [2.45, 2.75) is 70.8 Å². The van der Waals surface area contributed by atoms with Crippen molar-refractivity contribution in [1.29, 1.82) is 0 Å². The van der Waals surface area contributed by atoms with Crippen molar-refractivity contribution >= 4 is 11.9 Å². The van der Waals surface area contributed by atoms with Gasteiger partial charge in [-0.1, -0.05) is 12.8 Å². The van der Waals surface area contributed by atoms with E-state index < -0.39 is 0 Å². The number of guanidine groups is 1. The normalized spacial score (nSPS) is 19.3. The zero-order chi connectivity index (χ0) is 17.7. The first-order chi connectivity index (χ1) is 12.3. The lowest BCUT2D eigenvalue weighted by atomic mass is 10.2. The third-order valence-corrected chi connectivity index (χ3v) is 4.76. The molecule has 0 spiro atoms. The van der Waals surface area contributed by atoms with Crippen LogP contribution in [0.3, 0.4) is 0 Å². The van der Waals surface area contributed by atoms with E-state index in [9.17, 15) is 4.79 Å². The topological polar surface area (TPSA) is 68.8 Å².